The van der Waals surface area contributed by atoms with Gasteiger partial charge >= 0.3 is 0 Å². The van der Waals surface area contributed by atoms with Gasteiger partial charge in [-0.25, -0.2) is 0 Å². The Morgan fingerprint density at radius 2 is 2.00 bits per heavy atom. The second-order valence-corrected chi connectivity index (χ2v) is 7.01. The largest absolute Gasteiger partial charge is 0.370 e. The van der Waals surface area contributed by atoms with E-state index in [1.54, 1.807) is 0 Å². The van der Waals surface area contributed by atoms with Gasteiger partial charge in [0.15, 0.2) is 11.9 Å². The maximum absolute atomic E-state index is 6.12. The topological polar surface area (TPSA) is 83.2 Å². The predicted octanol–water partition coefficient (Wildman–Crippen LogP) is 1.34. The van der Waals surface area contributed by atoms with Gasteiger partial charge in [0.1, 0.15) is 0 Å². The second kappa shape index (κ2) is 8.23. The number of hydrogen-bond acceptors (Lipinski definition) is 6. The van der Waals surface area contributed by atoms with Gasteiger partial charge in [-0.3, -0.25) is 9.98 Å². The zero-order valence-corrected chi connectivity index (χ0v) is 15.2. The van der Waals surface area contributed by atoms with Crippen LogP contribution >= 0.6 is 0 Å². The molecule has 0 saturated heterocycles. The number of unbranched alkanes of at least 4 members (excludes halogenated alkanes) is 1. The van der Waals surface area contributed by atoms with Crippen molar-refractivity contribution in [2.75, 3.05) is 32.7 Å². The Bertz CT molecular complexity index is 639. The molecule has 0 bridgehead atoms. The molecule has 1 atom stereocenters. The monoisotopic (exact) mass is 342 g/mol. The Balaban J connectivity index is 1.42. The van der Waals surface area contributed by atoms with Gasteiger partial charge in [0.05, 0.1) is 19.1 Å². The predicted molar refractivity (Wildman–Crippen MR) is 104 cm³/mol. The molecule has 1 aromatic rings. The lowest BCUT2D eigenvalue weighted by Crippen LogP contribution is -2.42. The van der Waals surface area contributed by atoms with Crippen LogP contribution in [0.4, 0.5) is 0 Å². The summed E-state index contributed by atoms with van der Waals surface area (Å²) in [5, 5.41) is 0. The maximum Gasteiger partial charge on any atom is 0.191 e. The quantitative estimate of drug-likeness (QED) is 0.698. The van der Waals surface area contributed by atoms with Gasteiger partial charge < -0.3 is 21.3 Å². The average Bonchev–Trinajstić information content (AvgIpc) is 3.16. The molecule has 6 nitrogen and oxygen atoms in total. The van der Waals surface area contributed by atoms with E-state index >= 15 is 0 Å². The Kier molecular flexibility index (Phi) is 5.79. The lowest BCUT2D eigenvalue weighted by atomic mass is 10.1. The normalized spacial score (nSPS) is 20.1. The van der Waals surface area contributed by atoms with Gasteiger partial charge in [-0.2, -0.15) is 0 Å². The van der Waals surface area contributed by atoms with Crippen LogP contribution in [0, 0.1) is 6.92 Å². The fourth-order valence-electron chi connectivity index (χ4n) is 3.65. The molecule has 0 radical (unpaired) electrons. The number of rotatable bonds is 8. The van der Waals surface area contributed by atoms with E-state index in [4.69, 9.17) is 11.5 Å². The zero-order valence-electron chi connectivity index (χ0n) is 15.2. The fraction of sp³-hybridized carbons (Fsp3) is 0.579. The van der Waals surface area contributed by atoms with E-state index in [2.05, 4.69) is 51.0 Å². The maximum atomic E-state index is 6.12. The second-order valence-electron chi connectivity index (χ2n) is 7.01. The summed E-state index contributed by atoms with van der Waals surface area (Å²) in [6.07, 6.45) is 4.44. The highest BCUT2D eigenvalue weighted by Crippen LogP contribution is 2.17. The highest BCUT2D eigenvalue weighted by Gasteiger charge is 2.25. The summed E-state index contributed by atoms with van der Waals surface area (Å²) in [5.41, 5.74) is 14.7. The summed E-state index contributed by atoms with van der Waals surface area (Å²) in [7, 11) is 0. The first-order chi connectivity index (χ1) is 12.1. The van der Waals surface area contributed by atoms with Crippen molar-refractivity contribution in [1.29, 1.82) is 0 Å². The molecule has 25 heavy (non-hydrogen) atoms. The molecule has 136 valence electrons. The summed E-state index contributed by atoms with van der Waals surface area (Å²) in [6, 6.07) is 9.13. The third kappa shape index (κ3) is 4.65. The Labute approximate surface area is 150 Å². The molecule has 1 aromatic carbocycles. The summed E-state index contributed by atoms with van der Waals surface area (Å²) in [4.78, 5) is 13.2. The minimum absolute atomic E-state index is 0.439. The van der Waals surface area contributed by atoms with Crippen molar-refractivity contribution < 1.29 is 0 Å². The summed E-state index contributed by atoms with van der Waals surface area (Å²) in [6.45, 7) is 6.71. The van der Waals surface area contributed by atoms with Crippen molar-refractivity contribution in [2.24, 2.45) is 21.5 Å². The molecule has 0 saturated carbocycles. The van der Waals surface area contributed by atoms with Gasteiger partial charge in [-0.15, -0.1) is 0 Å². The smallest absolute Gasteiger partial charge is 0.191 e. The molecular formula is C19H30N6. The first kappa shape index (κ1) is 17.6. The molecule has 2 heterocycles. The molecule has 3 rings (SSSR count). The van der Waals surface area contributed by atoms with Crippen LogP contribution in [0.25, 0.3) is 0 Å². The Morgan fingerprint density at radius 3 is 2.76 bits per heavy atom. The molecule has 0 amide bonds. The highest BCUT2D eigenvalue weighted by molar-refractivity contribution is 5.80. The third-order valence-electron chi connectivity index (χ3n) is 5.11. The molecule has 0 unspecified atom stereocenters. The van der Waals surface area contributed by atoms with Crippen LogP contribution in [0.2, 0.25) is 0 Å². The van der Waals surface area contributed by atoms with E-state index in [9.17, 15) is 0 Å². The first-order valence-corrected chi connectivity index (χ1v) is 9.30. The lowest BCUT2D eigenvalue weighted by molar-refractivity contribution is 0.313. The van der Waals surface area contributed by atoms with E-state index in [0.717, 1.165) is 58.4 Å². The summed E-state index contributed by atoms with van der Waals surface area (Å²) >= 11 is 0. The van der Waals surface area contributed by atoms with E-state index in [1.807, 2.05) is 0 Å². The van der Waals surface area contributed by atoms with Crippen LogP contribution in [-0.4, -0.2) is 60.5 Å². The van der Waals surface area contributed by atoms with Crippen molar-refractivity contribution >= 4 is 11.9 Å². The highest BCUT2D eigenvalue weighted by atomic mass is 15.3. The number of guanidine groups is 2. The Hall–Kier alpha value is -2.24. The molecule has 6 heteroatoms. The van der Waals surface area contributed by atoms with E-state index < -0.39 is 0 Å². The Morgan fingerprint density at radius 1 is 1.12 bits per heavy atom. The van der Waals surface area contributed by atoms with Crippen LogP contribution in [0.1, 0.15) is 30.4 Å². The number of aliphatic imine (C=N–C) groups is 2. The number of benzene rings is 1. The van der Waals surface area contributed by atoms with Crippen LogP contribution in [0.5, 0.6) is 0 Å². The van der Waals surface area contributed by atoms with Crippen molar-refractivity contribution in [3.63, 3.8) is 0 Å². The van der Waals surface area contributed by atoms with E-state index in [-0.39, 0.29) is 0 Å². The van der Waals surface area contributed by atoms with Crippen LogP contribution in [0.15, 0.2) is 34.3 Å². The van der Waals surface area contributed by atoms with Gasteiger partial charge in [0.25, 0.3) is 0 Å². The first-order valence-electron chi connectivity index (χ1n) is 9.30. The molecule has 2 aliphatic heterocycles. The third-order valence-corrected chi connectivity index (χ3v) is 5.11. The number of nitrogens with two attached hydrogens (primary N) is 2. The lowest BCUT2D eigenvalue weighted by Gasteiger charge is -2.26. The van der Waals surface area contributed by atoms with Gasteiger partial charge in [0, 0.05) is 19.6 Å². The molecule has 2 aliphatic rings. The van der Waals surface area contributed by atoms with Crippen LogP contribution in [-0.2, 0) is 6.42 Å². The average molecular weight is 342 g/mol. The van der Waals surface area contributed by atoms with Gasteiger partial charge in [-0.1, -0.05) is 29.8 Å². The zero-order chi connectivity index (χ0) is 17.6. The fourth-order valence-corrected chi connectivity index (χ4v) is 3.65. The van der Waals surface area contributed by atoms with E-state index in [1.165, 1.54) is 11.1 Å². The number of nitrogens with zero attached hydrogens (tertiary/aromatic N) is 4. The van der Waals surface area contributed by atoms with Crippen molar-refractivity contribution in [3.8, 4) is 0 Å². The number of hydrogen-bond donors (Lipinski definition) is 2. The molecule has 4 N–H and O–H groups in total. The van der Waals surface area contributed by atoms with Gasteiger partial charge in [-0.05, 0) is 38.2 Å². The molecule has 0 fully saturated rings. The summed E-state index contributed by atoms with van der Waals surface area (Å²) < 4.78 is 0. The molecule has 0 spiro atoms. The minimum Gasteiger partial charge on any atom is -0.370 e. The standard InChI is InChI=1S/C19H30N6/c1-15-5-4-6-16(13-15)8-11-25-17(14-23-19(25)21)7-2-3-10-24-12-9-22-18(24)20/h4-6,13,17H,2-3,7-12,14H2,1H3,(H2,20,22)(H2,21,23)/t17-/m0/s1. The number of aryl methyl sites for hydroxylation is 1. The summed E-state index contributed by atoms with van der Waals surface area (Å²) in [5.74, 6) is 1.40. The van der Waals surface area contributed by atoms with Crippen LogP contribution < -0.4 is 11.5 Å². The molecule has 0 aromatic heterocycles. The van der Waals surface area contributed by atoms with Crippen molar-refractivity contribution in [2.45, 2.75) is 38.6 Å². The SMILES string of the molecule is Cc1cccc(CCN2C(N)=NC[C@@H]2CCCCN2CCN=C2N)c1. The minimum atomic E-state index is 0.439. The molecule has 0 aliphatic carbocycles. The van der Waals surface area contributed by atoms with Crippen LogP contribution in [0.3, 0.4) is 0 Å². The van der Waals surface area contributed by atoms with Gasteiger partial charge in [0.2, 0.25) is 0 Å². The molecular weight excluding hydrogens is 312 g/mol. The van der Waals surface area contributed by atoms with Crippen molar-refractivity contribution in [3.05, 3.63) is 35.4 Å². The van der Waals surface area contributed by atoms with E-state index in [0.29, 0.717) is 18.0 Å². The van der Waals surface area contributed by atoms with Crippen molar-refractivity contribution in [1.82, 2.24) is 9.80 Å².